The first-order valence-corrected chi connectivity index (χ1v) is 7.61. The van der Waals surface area contributed by atoms with Gasteiger partial charge in [-0.25, -0.2) is 4.98 Å². The number of hydrogen-bond acceptors (Lipinski definition) is 5. The molecule has 2 rings (SSSR count). The van der Waals surface area contributed by atoms with E-state index in [1.807, 2.05) is 17.5 Å². The average Bonchev–Trinajstić information content (AvgIpc) is 3.17. The average molecular weight is 321 g/mol. The van der Waals surface area contributed by atoms with Crippen molar-refractivity contribution < 1.29 is 9.21 Å². The second-order valence-electron chi connectivity index (χ2n) is 4.69. The van der Waals surface area contributed by atoms with Crippen molar-refractivity contribution in [1.29, 1.82) is 0 Å². The molecule has 118 valence electrons. The monoisotopic (exact) mass is 321 g/mol. The predicted molar refractivity (Wildman–Crippen MR) is 86.7 cm³/mol. The number of hydrogen-bond donors (Lipinski definition) is 2. The molecule has 0 fully saturated rings. The lowest BCUT2D eigenvalue weighted by atomic mass is 10.4. The maximum atomic E-state index is 11.5. The van der Waals surface area contributed by atoms with Crippen molar-refractivity contribution in [2.45, 2.75) is 6.54 Å². The number of thiophene rings is 1. The molecule has 8 heteroatoms. The normalized spacial score (nSPS) is 11.3. The summed E-state index contributed by atoms with van der Waals surface area (Å²) in [7, 11) is 5.07. The van der Waals surface area contributed by atoms with E-state index in [9.17, 15) is 4.79 Å². The van der Waals surface area contributed by atoms with Gasteiger partial charge in [-0.2, -0.15) is 0 Å². The molecule has 0 aromatic carbocycles. The van der Waals surface area contributed by atoms with Crippen molar-refractivity contribution in [2.75, 3.05) is 27.7 Å². The molecule has 0 bridgehead atoms. The Morgan fingerprint density at radius 1 is 1.45 bits per heavy atom. The lowest BCUT2D eigenvalue weighted by molar-refractivity contribution is -0.127. The van der Waals surface area contributed by atoms with Crippen LogP contribution in [-0.4, -0.2) is 49.4 Å². The number of oxazole rings is 1. The second kappa shape index (κ2) is 7.60. The van der Waals surface area contributed by atoms with Crippen LogP contribution in [0.15, 0.2) is 33.2 Å². The van der Waals surface area contributed by atoms with Crippen LogP contribution < -0.4 is 10.6 Å². The lowest BCUT2D eigenvalue weighted by Gasteiger charge is -2.13. The largest absolute Gasteiger partial charge is 0.443 e. The summed E-state index contributed by atoms with van der Waals surface area (Å²) in [6.45, 7) is 0.649. The lowest BCUT2D eigenvalue weighted by Crippen LogP contribution is -2.42. The second-order valence-corrected chi connectivity index (χ2v) is 5.64. The summed E-state index contributed by atoms with van der Waals surface area (Å²) in [5.74, 6) is 1.12. The van der Waals surface area contributed by atoms with Gasteiger partial charge in [0.25, 0.3) is 0 Å². The smallest absolute Gasteiger partial charge is 0.241 e. The summed E-state index contributed by atoms with van der Waals surface area (Å²) in [5.41, 5.74) is 0.769. The number of nitrogens with one attached hydrogen (secondary N) is 2. The van der Waals surface area contributed by atoms with Crippen LogP contribution >= 0.6 is 11.3 Å². The van der Waals surface area contributed by atoms with E-state index in [4.69, 9.17) is 4.42 Å². The number of carbonyl (C=O) groups is 1. The van der Waals surface area contributed by atoms with Crippen LogP contribution in [0.3, 0.4) is 0 Å². The summed E-state index contributed by atoms with van der Waals surface area (Å²) >= 11 is 1.58. The molecule has 7 nitrogen and oxygen atoms in total. The third-order valence-electron chi connectivity index (χ3n) is 2.85. The Balaban J connectivity index is 1.85. The van der Waals surface area contributed by atoms with Crippen molar-refractivity contribution in [3.63, 3.8) is 0 Å². The molecular formula is C14H19N5O2S. The van der Waals surface area contributed by atoms with Crippen molar-refractivity contribution in [3.8, 4) is 10.8 Å². The molecule has 2 aromatic heterocycles. The third-order valence-corrected chi connectivity index (χ3v) is 3.71. The van der Waals surface area contributed by atoms with Gasteiger partial charge >= 0.3 is 0 Å². The fourth-order valence-electron chi connectivity index (χ4n) is 1.61. The molecule has 0 spiro atoms. The number of aromatic nitrogens is 1. The number of aliphatic imine (C=N–C) groups is 1. The first-order valence-electron chi connectivity index (χ1n) is 6.73. The topological polar surface area (TPSA) is 82.8 Å². The molecule has 22 heavy (non-hydrogen) atoms. The number of rotatable bonds is 5. The van der Waals surface area contributed by atoms with Crippen molar-refractivity contribution in [1.82, 2.24) is 20.5 Å². The van der Waals surface area contributed by atoms with E-state index in [0.717, 1.165) is 10.6 Å². The van der Waals surface area contributed by atoms with Gasteiger partial charge in [0.15, 0.2) is 5.96 Å². The molecule has 0 aliphatic carbocycles. The number of likely N-dealkylation sites (N-methyl/N-ethyl adjacent to an activating group) is 1. The van der Waals surface area contributed by atoms with Crippen LogP contribution in [0.4, 0.5) is 0 Å². The molecule has 2 heterocycles. The van der Waals surface area contributed by atoms with Gasteiger partial charge in [-0.3, -0.25) is 9.79 Å². The Bertz CT molecular complexity index is 633. The Labute approximate surface area is 133 Å². The Kier molecular flexibility index (Phi) is 5.54. The molecule has 0 unspecified atom stereocenters. The fourth-order valence-corrected chi connectivity index (χ4v) is 2.27. The van der Waals surface area contributed by atoms with E-state index in [0.29, 0.717) is 18.4 Å². The van der Waals surface area contributed by atoms with Gasteiger partial charge in [0.05, 0.1) is 23.7 Å². The molecular weight excluding hydrogens is 302 g/mol. The minimum absolute atomic E-state index is 0.0237. The minimum atomic E-state index is -0.0237. The molecule has 0 aliphatic rings. The van der Waals surface area contributed by atoms with Gasteiger partial charge in [0.1, 0.15) is 6.26 Å². The van der Waals surface area contributed by atoms with Gasteiger partial charge in [-0.05, 0) is 11.4 Å². The van der Waals surface area contributed by atoms with E-state index < -0.39 is 0 Å². The van der Waals surface area contributed by atoms with Crippen LogP contribution in [-0.2, 0) is 11.3 Å². The number of carbonyl (C=O) groups excluding carboxylic acids is 1. The van der Waals surface area contributed by atoms with Crippen LogP contribution in [0.1, 0.15) is 5.69 Å². The van der Waals surface area contributed by atoms with Gasteiger partial charge in [0, 0.05) is 21.1 Å². The standard InChI is InChI=1S/C14H19N5O2S/c1-15-14(17-8-12(20)19(2)3)16-7-10-9-21-13(18-10)11-5-4-6-22-11/h4-6,9H,7-8H2,1-3H3,(H2,15,16,17). The number of nitrogens with zero attached hydrogens (tertiary/aromatic N) is 3. The highest BCUT2D eigenvalue weighted by molar-refractivity contribution is 7.13. The van der Waals surface area contributed by atoms with Gasteiger partial charge in [0.2, 0.25) is 11.8 Å². The Hall–Kier alpha value is -2.35. The highest BCUT2D eigenvalue weighted by Gasteiger charge is 2.09. The fraction of sp³-hybridized carbons (Fsp3) is 0.357. The van der Waals surface area contributed by atoms with E-state index in [2.05, 4.69) is 20.6 Å². The highest BCUT2D eigenvalue weighted by Crippen LogP contribution is 2.23. The SMILES string of the molecule is CN=C(NCC(=O)N(C)C)NCc1coc(-c2cccs2)n1. The maximum absolute atomic E-state index is 11.5. The van der Waals surface area contributed by atoms with Gasteiger partial charge in [-0.15, -0.1) is 11.3 Å². The summed E-state index contributed by atoms with van der Waals surface area (Å²) in [5, 5.41) is 8.01. The molecule has 0 atom stereocenters. The summed E-state index contributed by atoms with van der Waals surface area (Å²) in [6, 6.07) is 3.91. The molecule has 2 N–H and O–H groups in total. The first-order chi connectivity index (χ1) is 10.6. The zero-order valence-corrected chi connectivity index (χ0v) is 13.6. The molecule has 0 aliphatic heterocycles. The zero-order valence-electron chi connectivity index (χ0n) is 12.8. The summed E-state index contributed by atoms with van der Waals surface area (Å²) in [4.78, 5) is 22.5. The van der Waals surface area contributed by atoms with E-state index in [1.165, 1.54) is 4.90 Å². The molecule has 0 saturated heterocycles. The molecule has 2 aromatic rings. The van der Waals surface area contributed by atoms with E-state index >= 15 is 0 Å². The first kappa shape index (κ1) is 16.0. The molecule has 1 amide bonds. The highest BCUT2D eigenvalue weighted by atomic mass is 32.1. The summed E-state index contributed by atoms with van der Waals surface area (Å²) in [6.07, 6.45) is 1.61. The maximum Gasteiger partial charge on any atom is 0.241 e. The number of amides is 1. The van der Waals surface area contributed by atoms with Crippen LogP contribution in [0, 0.1) is 0 Å². The quantitative estimate of drug-likeness (QED) is 0.638. The number of guanidine groups is 1. The van der Waals surface area contributed by atoms with Crippen molar-refractivity contribution in [3.05, 3.63) is 29.5 Å². The Morgan fingerprint density at radius 3 is 2.91 bits per heavy atom. The van der Waals surface area contributed by atoms with E-state index in [-0.39, 0.29) is 12.5 Å². The van der Waals surface area contributed by atoms with Gasteiger partial charge in [-0.1, -0.05) is 6.07 Å². The third kappa shape index (κ3) is 4.32. The van der Waals surface area contributed by atoms with E-state index in [1.54, 1.807) is 38.7 Å². The van der Waals surface area contributed by atoms with Crippen molar-refractivity contribution >= 4 is 23.2 Å². The zero-order chi connectivity index (χ0) is 15.9. The van der Waals surface area contributed by atoms with Crippen LogP contribution in [0.5, 0.6) is 0 Å². The van der Waals surface area contributed by atoms with Gasteiger partial charge < -0.3 is 20.0 Å². The Morgan fingerprint density at radius 2 is 2.27 bits per heavy atom. The molecule has 0 radical (unpaired) electrons. The van der Waals surface area contributed by atoms with Crippen molar-refractivity contribution in [2.24, 2.45) is 4.99 Å². The predicted octanol–water partition coefficient (Wildman–Crippen LogP) is 1.16. The molecule has 0 saturated carbocycles. The minimum Gasteiger partial charge on any atom is -0.443 e. The van der Waals surface area contributed by atoms with Crippen LogP contribution in [0.25, 0.3) is 10.8 Å². The van der Waals surface area contributed by atoms with Crippen LogP contribution in [0.2, 0.25) is 0 Å². The summed E-state index contributed by atoms with van der Waals surface area (Å²) < 4.78 is 5.44.